The maximum atomic E-state index is 14.8. The molecule has 1 aliphatic heterocycles. The highest BCUT2D eigenvalue weighted by Crippen LogP contribution is 2.35. The molecule has 5 rings (SSSR count). The van der Waals surface area contributed by atoms with E-state index < -0.39 is 5.82 Å². The van der Waals surface area contributed by atoms with Crippen LogP contribution in [0.1, 0.15) is 28.7 Å². The van der Waals surface area contributed by atoms with Gasteiger partial charge < -0.3 is 15.4 Å². The van der Waals surface area contributed by atoms with Gasteiger partial charge in [-0.15, -0.1) is 0 Å². The molecule has 0 amide bonds. The van der Waals surface area contributed by atoms with Gasteiger partial charge in [0.1, 0.15) is 29.8 Å². The van der Waals surface area contributed by atoms with Gasteiger partial charge >= 0.3 is 0 Å². The second kappa shape index (κ2) is 8.35. The van der Waals surface area contributed by atoms with Gasteiger partial charge in [-0.3, -0.25) is 0 Å². The van der Waals surface area contributed by atoms with Crippen LogP contribution in [-0.2, 0) is 11.2 Å². The number of halogens is 1. The molecule has 32 heavy (non-hydrogen) atoms. The molecule has 4 aromatic rings. The lowest BCUT2D eigenvalue weighted by Gasteiger charge is -2.27. The lowest BCUT2D eigenvalue weighted by molar-refractivity contribution is 0.0665. The molecule has 0 radical (unpaired) electrons. The minimum atomic E-state index is -0.430. The van der Waals surface area contributed by atoms with E-state index in [1.54, 1.807) is 19.1 Å². The predicted octanol–water partition coefficient (Wildman–Crippen LogP) is 3.95. The molecule has 0 fully saturated rings. The molecular formula is C23H22FN7O. The number of fused-ring (bicyclic) bond motifs is 1. The van der Waals surface area contributed by atoms with E-state index in [4.69, 9.17) is 9.72 Å². The lowest BCUT2D eigenvalue weighted by Crippen LogP contribution is -2.22. The molecule has 0 saturated heterocycles. The average molecular weight is 431 g/mol. The van der Waals surface area contributed by atoms with E-state index in [0.29, 0.717) is 29.8 Å². The van der Waals surface area contributed by atoms with Crippen molar-refractivity contribution in [1.29, 1.82) is 0 Å². The predicted molar refractivity (Wildman–Crippen MR) is 119 cm³/mol. The van der Waals surface area contributed by atoms with E-state index in [1.165, 1.54) is 17.1 Å². The summed E-state index contributed by atoms with van der Waals surface area (Å²) < 4.78 is 22.3. The standard InChI is InChI=1S/C23H22FN7O/c1-14-26-13-27-31(14)19-9-8-16(12-18(19)24)28-23-29-20-17(22(25-2)30-23)10-11-32-21(20)15-6-4-3-5-7-15/h3-9,12-13,21H,10-11H2,1-2H3,(H2,25,28,29,30). The number of anilines is 3. The van der Waals surface area contributed by atoms with E-state index in [9.17, 15) is 4.39 Å². The number of nitrogens with zero attached hydrogens (tertiary/aromatic N) is 5. The van der Waals surface area contributed by atoms with Gasteiger partial charge in [0.25, 0.3) is 0 Å². The lowest BCUT2D eigenvalue weighted by atomic mass is 9.98. The molecule has 8 nitrogen and oxygen atoms in total. The Labute approximate surface area is 184 Å². The topological polar surface area (TPSA) is 89.8 Å². The summed E-state index contributed by atoms with van der Waals surface area (Å²) in [6.07, 6.45) is 1.83. The quantitative estimate of drug-likeness (QED) is 0.494. The summed E-state index contributed by atoms with van der Waals surface area (Å²) in [7, 11) is 1.83. The number of nitrogens with one attached hydrogen (secondary N) is 2. The molecule has 162 valence electrons. The van der Waals surface area contributed by atoms with Crippen molar-refractivity contribution in [3.05, 3.63) is 83.3 Å². The third-order valence-corrected chi connectivity index (χ3v) is 5.41. The molecule has 2 aromatic carbocycles. The fourth-order valence-electron chi connectivity index (χ4n) is 3.89. The Kier molecular flexibility index (Phi) is 5.24. The van der Waals surface area contributed by atoms with Gasteiger partial charge in [0.2, 0.25) is 5.95 Å². The molecule has 2 aromatic heterocycles. The zero-order chi connectivity index (χ0) is 22.1. The second-order valence-electron chi connectivity index (χ2n) is 7.43. The van der Waals surface area contributed by atoms with E-state index >= 15 is 0 Å². The maximum absolute atomic E-state index is 14.8. The number of aryl methyl sites for hydroxylation is 1. The first kappa shape index (κ1) is 20.1. The molecule has 1 aliphatic rings. The Morgan fingerprint density at radius 2 is 1.97 bits per heavy atom. The Morgan fingerprint density at radius 1 is 1.12 bits per heavy atom. The summed E-state index contributed by atoms with van der Waals surface area (Å²) in [6.45, 7) is 2.36. The molecule has 1 unspecified atom stereocenters. The minimum absolute atomic E-state index is 0.287. The van der Waals surface area contributed by atoms with Crippen LogP contribution in [0.5, 0.6) is 0 Å². The SMILES string of the molecule is CNc1nc(Nc2ccc(-n3ncnc3C)c(F)c2)nc2c1CCOC2c1ccccc1. The van der Waals surface area contributed by atoms with Crippen molar-refractivity contribution < 1.29 is 9.13 Å². The van der Waals surface area contributed by atoms with Crippen LogP contribution in [0.4, 0.5) is 21.8 Å². The van der Waals surface area contributed by atoms with E-state index in [-0.39, 0.29) is 6.10 Å². The van der Waals surface area contributed by atoms with Crippen molar-refractivity contribution in [2.24, 2.45) is 0 Å². The van der Waals surface area contributed by atoms with Crippen LogP contribution < -0.4 is 10.6 Å². The fraction of sp³-hybridized carbons (Fsp3) is 0.217. The Morgan fingerprint density at radius 3 is 2.69 bits per heavy atom. The Bertz CT molecular complexity index is 1260. The van der Waals surface area contributed by atoms with Crippen LogP contribution in [0.15, 0.2) is 54.9 Å². The van der Waals surface area contributed by atoms with Gasteiger partial charge in [-0.05, 0) is 30.7 Å². The molecule has 0 bridgehead atoms. The third-order valence-electron chi connectivity index (χ3n) is 5.41. The monoisotopic (exact) mass is 431 g/mol. The van der Waals surface area contributed by atoms with Crippen molar-refractivity contribution in [2.75, 3.05) is 24.3 Å². The van der Waals surface area contributed by atoms with Gasteiger partial charge in [-0.2, -0.15) is 10.1 Å². The van der Waals surface area contributed by atoms with Crippen molar-refractivity contribution in [3.8, 4) is 5.69 Å². The molecule has 2 N–H and O–H groups in total. The first-order valence-corrected chi connectivity index (χ1v) is 10.3. The van der Waals surface area contributed by atoms with Crippen LogP contribution in [0.2, 0.25) is 0 Å². The number of hydrogen-bond donors (Lipinski definition) is 2. The molecular weight excluding hydrogens is 409 g/mol. The number of aromatic nitrogens is 5. The summed E-state index contributed by atoms with van der Waals surface area (Å²) in [6, 6.07) is 14.8. The second-order valence-corrected chi connectivity index (χ2v) is 7.43. The smallest absolute Gasteiger partial charge is 0.229 e. The number of benzene rings is 2. The molecule has 0 aliphatic carbocycles. The van der Waals surface area contributed by atoms with Gasteiger partial charge in [0.15, 0.2) is 5.82 Å². The number of rotatable bonds is 5. The van der Waals surface area contributed by atoms with E-state index in [2.05, 4.69) is 25.7 Å². The minimum Gasteiger partial charge on any atom is -0.373 e. The zero-order valence-corrected chi connectivity index (χ0v) is 17.7. The molecule has 1 atom stereocenters. The van der Waals surface area contributed by atoms with Crippen LogP contribution in [0, 0.1) is 12.7 Å². The Hall–Kier alpha value is -3.85. The van der Waals surface area contributed by atoms with Crippen LogP contribution in [0.25, 0.3) is 5.69 Å². The van der Waals surface area contributed by atoms with E-state index in [1.807, 2.05) is 37.4 Å². The van der Waals surface area contributed by atoms with Gasteiger partial charge in [0.05, 0.1) is 12.3 Å². The van der Waals surface area contributed by atoms with Crippen molar-refractivity contribution in [3.63, 3.8) is 0 Å². The maximum Gasteiger partial charge on any atom is 0.229 e. The first-order valence-electron chi connectivity index (χ1n) is 10.3. The summed E-state index contributed by atoms with van der Waals surface area (Å²) in [5.74, 6) is 1.27. The highest BCUT2D eigenvalue weighted by molar-refractivity contribution is 5.60. The van der Waals surface area contributed by atoms with Crippen molar-refractivity contribution in [2.45, 2.75) is 19.4 Å². The normalized spacial score (nSPS) is 15.3. The molecule has 3 heterocycles. The first-order chi connectivity index (χ1) is 15.6. The van der Waals surface area contributed by atoms with Crippen molar-refractivity contribution >= 4 is 17.5 Å². The zero-order valence-electron chi connectivity index (χ0n) is 17.7. The van der Waals surface area contributed by atoms with Crippen LogP contribution in [-0.4, -0.2) is 38.4 Å². The third kappa shape index (κ3) is 3.67. The molecule has 0 saturated carbocycles. The summed E-state index contributed by atoms with van der Waals surface area (Å²) >= 11 is 0. The highest BCUT2D eigenvalue weighted by atomic mass is 19.1. The Balaban J connectivity index is 1.50. The molecule has 0 spiro atoms. The largest absolute Gasteiger partial charge is 0.373 e. The summed E-state index contributed by atoms with van der Waals surface area (Å²) in [4.78, 5) is 13.4. The number of ether oxygens (including phenoxy) is 1. The number of hydrogen-bond acceptors (Lipinski definition) is 7. The summed E-state index contributed by atoms with van der Waals surface area (Å²) in [5.41, 5.74) is 3.71. The van der Waals surface area contributed by atoms with Gasteiger partial charge in [-0.1, -0.05) is 30.3 Å². The van der Waals surface area contributed by atoms with Gasteiger partial charge in [0, 0.05) is 24.7 Å². The highest BCUT2D eigenvalue weighted by Gasteiger charge is 2.27. The van der Waals surface area contributed by atoms with E-state index in [0.717, 1.165) is 29.1 Å². The average Bonchev–Trinajstić information content (AvgIpc) is 3.24. The fourth-order valence-corrected chi connectivity index (χ4v) is 3.89. The summed E-state index contributed by atoms with van der Waals surface area (Å²) in [5, 5.41) is 10.4. The van der Waals surface area contributed by atoms with Gasteiger partial charge in [-0.25, -0.2) is 19.0 Å². The van der Waals surface area contributed by atoms with Crippen molar-refractivity contribution in [1.82, 2.24) is 24.7 Å². The van der Waals surface area contributed by atoms with Crippen LogP contribution >= 0.6 is 0 Å². The van der Waals surface area contributed by atoms with Crippen LogP contribution in [0.3, 0.4) is 0 Å². The molecule has 9 heteroatoms.